The Hall–Kier alpha value is -0.263. The third kappa shape index (κ3) is 9.30. The van der Waals surface area contributed by atoms with E-state index in [1.54, 1.807) is 7.11 Å². The van der Waals surface area contributed by atoms with Gasteiger partial charge in [-0.3, -0.25) is 0 Å². The minimum Gasteiger partial charge on any atom is -0.382 e. The molecule has 0 aliphatic heterocycles. The van der Waals surface area contributed by atoms with E-state index in [1.807, 2.05) is 18.2 Å². The van der Waals surface area contributed by atoms with E-state index < -0.39 is 0 Å². The van der Waals surface area contributed by atoms with Crippen molar-refractivity contribution < 1.29 is 28.3 Å². The maximum Gasteiger partial charge on any atom is 1.00 e. The van der Waals surface area contributed by atoms with Gasteiger partial charge in [-0.2, -0.15) is 6.42 Å². The summed E-state index contributed by atoms with van der Waals surface area (Å²) in [6.45, 7) is 5.40. The van der Waals surface area contributed by atoms with Gasteiger partial charge >= 0.3 is 18.9 Å². The maximum absolute atomic E-state index is 5.64. The minimum atomic E-state index is 0. The molecule has 1 aromatic carbocycles. The number of hydrogen-bond donors (Lipinski definition) is 0. The van der Waals surface area contributed by atoms with Gasteiger partial charge in [0.15, 0.2) is 0 Å². The van der Waals surface area contributed by atoms with Gasteiger partial charge in [0.05, 0.1) is 12.7 Å². The van der Waals surface area contributed by atoms with Gasteiger partial charge in [0.1, 0.15) is 0 Å². The molecule has 0 heterocycles. The normalized spacial score (nSPS) is 11.9. The minimum absolute atomic E-state index is 0. The van der Waals surface area contributed by atoms with Gasteiger partial charge in [-0.1, -0.05) is 36.8 Å². The summed E-state index contributed by atoms with van der Waals surface area (Å²) in [7, 11) is 1.78. The number of unbranched alkanes of at least 4 members (excludes halogenated alkanes) is 1. The molecule has 0 aliphatic rings. The van der Waals surface area contributed by atoms with E-state index >= 15 is 0 Å². The summed E-state index contributed by atoms with van der Waals surface area (Å²) in [6.07, 6.45) is 5.75. The van der Waals surface area contributed by atoms with Gasteiger partial charge in [0.2, 0.25) is 0 Å². The van der Waals surface area contributed by atoms with Gasteiger partial charge in [0, 0.05) is 13.7 Å². The molecular weight excluding hydrogens is 231 g/mol. The van der Waals surface area contributed by atoms with Crippen LogP contribution < -0.4 is 18.9 Å². The second-order valence-corrected chi connectivity index (χ2v) is 4.53. The Morgan fingerprint density at radius 3 is 2.47 bits per heavy atom. The third-order valence-electron chi connectivity index (χ3n) is 3.04. The number of ether oxygens (including phenoxy) is 2. The standard InChI is InChI=1S/C16H25O2.Li/c1-3-9-16(17-2)12-7-8-13-18-14-15-10-5-4-6-11-15;/h4-6,10-11,16H,1,3,7-9,12-14H2,2H3;/q-1;+1. The van der Waals surface area contributed by atoms with Crippen molar-refractivity contribution in [1.29, 1.82) is 0 Å². The molecule has 1 unspecified atom stereocenters. The SMILES string of the molecule is [CH2-]CCC(CCCCOCc1ccccc1)OC.[Li+]. The van der Waals surface area contributed by atoms with Crippen molar-refractivity contribution >= 4 is 0 Å². The van der Waals surface area contributed by atoms with Crippen LogP contribution in [-0.4, -0.2) is 19.8 Å². The van der Waals surface area contributed by atoms with E-state index in [4.69, 9.17) is 9.47 Å². The average molecular weight is 256 g/mol. The molecule has 0 radical (unpaired) electrons. The number of methoxy groups -OCH3 is 1. The summed E-state index contributed by atoms with van der Waals surface area (Å²) in [5, 5.41) is 0. The van der Waals surface area contributed by atoms with Gasteiger partial charge in [0.25, 0.3) is 0 Å². The molecule has 19 heavy (non-hydrogen) atoms. The molecule has 102 valence electrons. The van der Waals surface area contributed by atoms with Crippen molar-refractivity contribution in [3.05, 3.63) is 42.8 Å². The number of benzene rings is 1. The van der Waals surface area contributed by atoms with E-state index in [2.05, 4.69) is 19.1 Å². The van der Waals surface area contributed by atoms with Gasteiger partial charge in [-0.05, 0) is 24.8 Å². The smallest absolute Gasteiger partial charge is 0.382 e. The van der Waals surface area contributed by atoms with Crippen LogP contribution in [0.2, 0.25) is 0 Å². The van der Waals surface area contributed by atoms with Gasteiger partial charge < -0.3 is 16.4 Å². The first-order valence-corrected chi connectivity index (χ1v) is 6.80. The van der Waals surface area contributed by atoms with Crippen LogP contribution in [0.3, 0.4) is 0 Å². The first kappa shape index (κ1) is 18.7. The molecule has 0 aromatic heterocycles. The molecule has 0 saturated carbocycles. The zero-order valence-corrected chi connectivity index (χ0v) is 12.4. The number of rotatable bonds is 10. The fourth-order valence-corrected chi connectivity index (χ4v) is 1.95. The predicted octanol–water partition coefficient (Wildman–Crippen LogP) is 1.01. The summed E-state index contributed by atoms with van der Waals surface area (Å²) in [4.78, 5) is 0. The van der Waals surface area contributed by atoms with Crippen molar-refractivity contribution in [2.45, 2.75) is 44.8 Å². The van der Waals surface area contributed by atoms with E-state index in [1.165, 1.54) is 5.56 Å². The quantitative estimate of drug-likeness (QED) is 0.353. The van der Waals surface area contributed by atoms with Crippen molar-refractivity contribution in [3.63, 3.8) is 0 Å². The van der Waals surface area contributed by atoms with Crippen molar-refractivity contribution in [2.24, 2.45) is 0 Å². The first-order chi connectivity index (χ1) is 8.86. The first-order valence-electron chi connectivity index (χ1n) is 6.80. The van der Waals surface area contributed by atoms with Gasteiger partial charge in [-0.25, -0.2) is 0 Å². The van der Waals surface area contributed by atoms with E-state index in [-0.39, 0.29) is 18.9 Å². The Bertz CT molecular complexity index is 290. The van der Waals surface area contributed by atoms with Gasteiger partial charge in [-0.15, -0.1) is 0 Å². The van der Waals surface area contributed by atoms with Crippen molar-refractivity contribution in [2.75, 3.05) is 13.7 Å². The molecule has 3 heteroatoms. The Balaban J connectivity index is 0.00000324. The van der Waals surface area contributed by atoms with Crippen LogP contribution in [0.4, 0.5) is 0 Å². The van der Waals surface area contributed by atoms with Crippen molar-refractivity contribution in [1.82, 2.24) is 0 Å². The molecule has 2 nitrogen and oxygen atoms in total. The zero-order chi connectivity index (χ0) is 13.1. The van der Waals surface area contributed by atoms with Crippen LogP contribution >= 0.6 is 0 Å². The summed E-state index contributed by atoms with van der Waals surface area (Å²) in [6, 6.07) is 10.3. The fourth-order valence-electron chi connectivity index (χ4n) is 1.95. The van der Waals surface area contributed by atoms with Crippen LogP contribution in [0.5, 0.6) is 0 Å². The largest absolute Gasteiger partial charge is 1.00 e. The van der Waals surface area contributed by atoms with Crippen LogP contribution in [0.1, 0.15) is 37.7 Å². The third-order valence-corrected chi connectivity index (χ3v) is 3.04. The zero-order valence-electron chi connectivity index (χ0n) is 12.4. The van der Waals surface area contributed by atoms with E-state index in [0.29, 0.717) is 12.7 Å². The fraction of sp³-hybridized carbons (Fsp3) is 0.562. The number of hydrogen-bond acceptors (Lipinski definition) is 2. The average Bonchev–Trinajstić information content (AvgIpc) is 2.42. The Kier molecular flexibility index (Phi) is 12.6. The molecule has 1 atom stereocenters. The van der Waals surface area contributed by atoms with Crippen LogP contribution in [-0.2, 0) is 16.1 Å². The molecule has 1 rings (SSSR count). The molecule has 0 N–H and O–H groups in total. The Morgan fingerprint density at radius 1 is 1.11 bits per heavy atom. The summed E-state index contributed by atoms with van der Waals surface area (Å²) < 4.78 is 11.0. The topological polar surface area (TPSA) is 18.5 Å². The van der Waals surface area contributed by atoms with E-state index in [9.17, 15) is 0 Å². The molecule has 0 saturated heterocycles. The summed E-state index contributed by atoms with van der Waals surface area (Å²) in [5.41, 5.74) is 1.24. The van der Waals surface area contributed by atoms with Crippen molar-refractivity contribution in [3.8, 4) is 0 Å². The summed E-state index contributed by atoms with van der Waals surface area (Å²) >= 11 is 0. The summed E-state index contributed by atoms with van der Waals surface area (Å²) in [5.74, 6) is 0. The molecule has 1 aromatic rings. The molecule has 0 spiro atoms. The molecule has 0 aliphatic carbocycles. The van der Waals surface area contributed by atoms with E-state index in [0.717, 1.165) is 38.7 Å². The molecule has 0 fully saturated rings. The van der Waals surface area contributed by atoms with Crippen LogP contribution in [0.25, 0.3) is 0 Å². The second-order valence-electron chi connectivity index (χ2n) is 4.53. The second kappa shape index (κ2) is 12.8. The maximum atomic E-state index is 5.64. The molecular formula is C16H25LiO2. The predicted molar refractivity (Wildman–Crippen MR) is 75.3 cm³/mol. The molecule has 0 bridgehead atoms. The Labute approximate surface area is 130 Å². The molecule has 0 amide bonds. The Morgan fingerprint density at radius 2 is 1.84 bits per heavy atom. The monoisotopic (exact) mass is 256 g/mol. The van der Waals surface area contributed by atoms with Crippen LogP contribution in [0.15, 0.2) is 30.3 Å². The van der Waals surface area contributed by atoms with Crippen LogP contribution in [0, 0.1) is 6.92 Å².